The quantitative estimate of drug-likeness (QED) is 0.368. The Bertz CT molecular complexity index is 525. The van der Waals surface area contributed by atoms with E-state index in [-0.39, 0.29) is 35.2 Å². The van der Waals surface area contributed by atoms with Crippen LogP contribution in [0.25, 0.3) is 0 Å². The smallest absolute Gasteiger partial charge is 0.282 e. The number of nitro groups is 1. The van der Waals surface area contributed by atoms with Crippen molar-refractivity contribution in [1.29, 1.82) is 0 Å². The average Bonchev–Trinajstić information content (AvgIpc) is 2.06. The normalized spacial score (nSPS) is 10.7. The van der Waals surface area contributed by atoms with Gasteiger partial charge in [-0.25, -0.2) is 0 Å². The maximum atomic E-state index is 10.9. The summed E-state index contributed by atoms with van der Waals surface area (Å²) in [5, 5.41) is 10.5. The topological polar surface area (TPSA) is 97.5 Å². The predicted octanol–water partition coefficient (Wildman–Crippen LogP) is 1.08. The molecule has 0 aliphatic heterocycles. The average molecular weight is 254 g/mol. The largest absolute Gasteiger partial charge is 0.295 e. The third-order valence-electron chi connectivity index (χ3n) is 2.09. The van der Waals surface area contributed by atoms with E-state index in [9.17, 15) is 18.5 Å². The van der Waals surface area contributed by atoms with E-state index < -0.39 is 19.9 Å². The molecule has 8 heteroatoms. The summed E-state index contributed by atoms with van der Waals surface area (Å²) in [5.41, 5.74) is 0.394. The summed E-state index contributed by atoms with van der Waals surface area (Å²) in [6, 6.07) is 2.10. The maximum absolute atomic E-state index is 10.9. The summed E-state index contributed by atoms with van der Waals surface area (Å²) in [6.45, 7) is 3.01. The van der Waals surface area contributed by atoms with Crippen LogP contribution in [-0.2, 0) is 10.1 Å². The van der Waals surface area contributed by atoms with Gasteiger partial charge in [0.1, 0.15) is 4.90 Å². The second-order valence-electron chi connectivity index (χ2n) is 3.12. The van der Waals surface area contributed by atoms with Crippen LogP contribution in [0, 0.1) is 24.0 Å². The zero-order valence-corrected chi connectivity index (χ0v) is 11.9. The SMILES string of the molecule is Cc1cc([N+](=O)[O-])cc(S(=O)(=O)O)c1C.[Na]. The molecule has 0 amide bonds. The van der Waals surface area contributed by atoms with Crippen molar-refractivity contribution < 1.29 is 17.9 Å². The van der Waals surface area contributed by atoms with E-state index in [1.165, 1.54) is 19.9 Å². The van der Waals surface area contributed by atoms with E-state index in [1.54, 1.807) is 0 Å². The van der Waals surface area contributed by atoms with Crippen molar-refractivity contribution in [3.8, 4) is 0 Å². The van der Waals surface area contributed by atoms with Gasteiger partial charge >= 0.3 is 0 Å². The Morgan fingerprint density at radius 2 is 1.81 bits per heavy atom. The van der Waals surface area contributed by atoms with E-state index in [1.807, 2.05) is 0 Å². The number of non-ortho nitro benzene ring substituents is 1. The van der Waals surface area contributed by atoms with Crippen LogP contribution in [0.5, 0.6) is 0 Å². The maximum Gasteiger partial charge on any atom is 0.295 e. The monoisotopic (exact) mass is 254 g/mol. The van der Waals surface area contributed by atoms with Crippen LogP contribution in [0.3, 0.4) is 0 Å². The van der Waals surface area contributed by atoms with E-state index in [4.69, 9.17) is 4.55 Å². The van der Waals surface area contributed by atoms with Crippen LogP contribution < -0.4 is 0 Å². The molecule has 83 valence electrons. The van der Waals surface area contributed by atoms with Crippen molar-refractivity contribution in [3.05, 3.63) is 33.4 Å². The van der Waals surface area contributed by atoms with Gasteiger partial charge in [-0.3, -0.25) is 14.7 Å². The number of hydrogen-bond acceptors (Lipinski definition) is 4. The fourth-order valence-electron chi connectivity index (χ4n) is 1.18. The summed E-state index contributed by atoms with van der Waals surface area (Å²) in [7, 11) is -4.42. The molecule has 6 nitrogen and oxygen atoms in total. The molecule has 1 N–H and O–H groups in total. The summed E-state index contributed by atoms with van der Waals surface area (Å²) in [4.78, 5) is 9.34. The first-order chi connectivity index (χ1) is 6.73. The molecule has 0 fully saturated rings. The van der Waals surface area contributed by atoms with Crippen molar-refractivity contribution in [1.82, 2.24) is 0 Å². The summed E-state index contributed by atoms with van der Waals surface area (Å²) >= 11 is 0. The van der Waals surface area contributed by atoms with Gasteiger partial charge < -0.3 is 0 Å². The van der Waals surface area contributed by atoms with Gasteiger partial charge in [-0.15, -0.1) is 0 Å². The van der Waals surface area contributed by atoms with Crippen molar-refractivity contribution in [3.63, 3.8) is 0 Å². The molecule has 0 aliphatic carbocycles. The number of rotatable bonds is 2. The molecule has 1 radical (unpaired) electrons. The number of aryl methyl sites for hydroxylation is 1. The summed E-state index contributed by atoms with van der Waals surface area (Å²) in [6.07, 6.45) is 0. The molecule has 0 atom stereocenters. The van der Waals surface area contributed by atoms with Crippen LogP contribution in [0.15, 0.2) is 17.0 Å². The summed E-state index contributed by atoms with van der Waals surface area (Å²) < 4.78 is 30.7. The number of nitrogens with zero attached hydrogens (tertiary/aromatic N) is 1. The predicted molar refractivity (Wildman–Crippen MR) is 58.1 cm³/mol. The molecule has 1 aromatic carbocycles. The van der Waals surface area contributed by atoms with Gasteiger partial charge in [0.25, 0.3) is 15.8 Å². The fraction of sp³-hybridized carbons (Fsp3) is 0.250. The van der Waals surface area contributed by atoms with Crippen LogP contribution in [0.4, 0.5) is 5.69 Å². The summed E-state index contributed by atoms with van der Waals surface area (Å²) in [5.74, 6) is 0. The van der Waals surface area contributed by atoms with Gasteiger partial charge in [-0.1, -0.05) is 0 Å². The Hall–Kier alpha value is -0.470. The van der Waals surface area contributed by atoms with Gasteiger partial charge in [0.2, 0.25) is 0 Å². The van der Waals surface area contributed by atoms with Crippen LogP contribution >= 0.6 is 0 Å². The Balaban J connectivity index is 0.00000225. The first kappa shape index (κ1) is 15.5. The molecule has 0 aromatic heterocycles. The number of hydrogen-bond donors (Lipinski definition) is 1. The van der Waals surface area contributed by atoms with Crippen molar-refractivity contribution in [2.45, 2.75) is 18.7 Å². The molecule has 0 saturated heterocycles. The van der Waals surface area contributed by atoms with Crippen molar-refractivity contribution in [2.24, 2.45) is 0 Å². The van der Waals surface area contributed by atoms with Crippen LogP contribution in [0.2, 0.25) is 0 Å². The van der Waals surface area contributed by atoms with E-state index >= 15 is 0 Å². The standard InChI is InChI=1S/C8H9NO5S.Na/c1-5-3-7(9(10)11)4-8(6(5)2)15(12,13)14;/h3-4H,1-2H3,(H,12,13,14);. The molecule has 0 bridgehead atoms. The third-order valence-corrected chi connectivity index (χ3v) is 3.07. The molecule has 0 aliphatic rings. The first-order valence-electron chi connectivity index (χ1n) is 3.96. The zero-order valence-electron chi connectivity index (χ0n) is 9.09. The second-order valence-corrected chi connectivity index (χ2v) is 4.51. The van der Waals surface area contributed by atoms with E-state index in [0.717, 1.165) is 6.07 Å². The molecule has 1 rings (SSSR count). The molecule has 0 saturated carbocycles. The van der Waals surface area contributed by atoms with Gasteiger partial charge in [-0.2, -0.15) is 8.42 Å². The van der Waals surface area contributed by atoms with Gasteiger partial charge in [0, 0.05) is 41.7 Å². The second kappa shape index (κ2) is 5.24. The molecule has 0 spiro atoms. The molecule has 16 heavy (non-hydrogen) atoms. The van der Waals surface area contributed by atoms with E-state index in [0.29, 0.717) is 11.1 Å². The molecular weight excluding hydrogens is 245 g/mol. The number of nitro benzene ring substituents is 1. The molecule has 1 aromatic rings. The molecule has 0 heterocycles. The Labute approximate surface area is 115 Å². The molecular formula is C8H9NNaO5S. The molecule has 0 unspecified atom stereocenters. The van der Waals surface area contributed by atoms with Gasteiger partial charge in [0.05, 0.1) is 4.92 Å². The minimum Gasteiger partial charge on any atom is -0.282 e. The number of benzene rings is 1. The zero-order chi connectivity index (χ0) is 11.8. The minimum atomic E-state index is -4.42. The Morgan fingerprint density at radius 1 is 1.31 bits per heavy atom. The Morgan fingerprint density at radius 3 is 2.19 bits per heavy atom. The van der Waals surface area contributed by atoms with Gasteiger partial charge in [0.15, 0.2) is 0 Å². The van der Waals surface area contributed by atoms with Crippen molar-refractivity contribution in [2.75, 3.05) is 0 Å². The van der Waals surface area contributed by atoms with Crippen LogP contribution in [0.1, 0.15) is 11.1 Å². The Kier molecular flexibility index (Phi) is 5.09. The van der Waals surface area contributed by atoms with Crippen molar-refractivity contribution >= 4 is 45.4 Å². The van der Waals surface area contributed by atoms with Crippen LogP contribution in [-0.4, -0.2) is 47.5 Å². The third kappa shape index (κ3) is 3.26. The first-order valence-corrected chi connectivity index (χ1v) is 5.40. The van der Waals surface area contributed by atoms with E-state index in [2.05, 4.69) is 0 Å². The minimum absolute atomic E-state index is 0. The fourth-order valence-corrected chi connectivity index (χ4v) is 2.00. The van der Waals surface area contributed by atoms with Gasteiger partial charge in [-0.05, 0) is 25.0 Å².